The van der Waals surface area contributed by atoms with Crippen LogP contribution in [0.1, 0.15) is 28.1 Å². The number of phenols is 2. The van der Waals surface area contributed by atoms with E-state index in [9.17, 15) is 23.5 Å². The van der Waals surface area contributed by atoms with Gasteiger partial charge in [0.1, 0.15) is 23.1 Å². The van der Waals surface area contributed by atoms with E-state index in [2.05, 4.69) is 16.0 Å². The topological polar surface area (TPSA) is 157 Å². The summed E-state index contributed by atoms with van der Waals surface area (Å²) in [7, 11) is 0. The molecule has 0 aliphatic carbocycles. The summed E-state index contributed by atoms with van der Waals surface area (Å²) in [5, 5.41) is 35.8. The fourth-order valence-electron chi connectivity index (χ4n) is 4.16. The van der Waals surface area contributed by atoms with Gasteiger partial charge in [-0.05, 0) is 121 Å². The molecule has 0 radical (unpaired) electrons. The molecule has 256 valence electrons. The molecular weight excluding hydrogens is 642 g/mol. The highest BCUT2D eigenvalue weighted by molar-refractivity contribution is 6.08. The second-order valence-electron chi connectivity index (χ2n) is 10.3. The Morgan fingerprint density at radius 2 is 0.900 bits per heavy atom. The Bertz CT molecular complexity index is 1950. The molecule has 0 unspecified atom stereocenters. The van der Waals surface area contributed by atoms with Crippen molar-refractivity contribution in [3.8, 4) is 11.5 Å². The van der Waals surface area contributed by atoms with E-state index in [0.717, 1.165) is 0 Å². The number of carboxylic acids is 1. The summed E-state index contributed by atoms with van der Waals surface area (Å²) in [6.07, 6.45) is 0. The maximum absolute atomic E-state index is 13.0. The van der Waals surface area contributed by atoms with Crippen LogP contribution in [-0.4, -0.2) is 27.2 Å². The number of para-hydroxylation sites is 2. The molecule has 6 aromatic rings. The second kappa shape index (κ2) is 18.5. The second-order valence-corrected chi connectivity index (χ2v) is 10.3. The van der Waals surface area contributed by atoms with E-state index in [1.165, 1.54) is 42.5 Å². The van der Waals surface area contributed by atoms with Crippen molar-refractivity contribution in [1.29, 1.82) is 0 Å². The Kier molecular flexibility index (Phi) is 13.9. The first-order valence-electron chi connectivity index (χ1n) is 14.7. The van der Waals surface area contributed by atoms with E-state index in [0.29, 0.717) is 39.7 Å². The van der Waals surface area contributed by atoms with Gasteiger partial charge in [-0.3, -0.25) is 4.79 Å². The number of rotatable bonds is 7. The highest BCUT2D eigenvalue weighted by Gasteiger charge is 2.12. The van der Waals surface area contributed by atoms with Crippen LogP contribution in [0.2, 0.25) is 0 Å². The minimum absolute atomic E-state index is 0. The lowest BCUT2D eigenvalue weighted by molar-refractivity contribution is 0.0697. The van der Waals surface area contributed by atoms with E-state index in [1.54, 1.807) is 97.1 Å². The van der Waals surface area contributed by atoms with Crippen LogP contribution in [0.4, 0.5) is 42.9 Å². The summed E-state index contributed by atoms with van der Waals surface area (Å²) in [5.74, 6) is -1.56. The Balaban J connectivity index is 0.000000226. The molecule has 8 N–H and O–H groups in total. The van der Waals surface area contributed by atoms with Crippen molar-refractivity contribution >= 4 is 46.0 Å². The maximum atomic E-state index is 13.0. The number of halogens is 2. The van der Waals surface area contributed by atoms with Crippen molar-refractivity contribution < 1.29 is 33.7 Å². The van der Waals surface area contributed by atoms with E-state index in [-0.39, 0.29) is 42.0 Å². The number of aromatic hydroxyl groups is 2. The molecule has 1 amide bonds. The molecule has 0 heterocycles. The SMILES string of the molecule is C.Nc1ccc(O)cc1.O=C(Nc1ccc(O)cc1)c1ccccc1Nc1ccc(F)cc1.O=C(O)c1ccccc1Nc1ccc(F)cc1. The molecule has 0 aliphatic heterocycles. The number of carbonyl (C=O) groups excluding carboxylic acids is 1. The average Bonchev–Trinajstić information content (AvgIpc) is 3.10. The molecular formula is C39H36F2N4O5. The molecule has 0 fully saturated rings. The molecule has 0 bridgehead atoms. The summed E-state index contributed by atoms with van der Waals surface area (Å²) < 4.78 is 25.7. The summed E-state index contributed by atoms with van der Waals surface area (Å²) >= 11 is 0. The smallest absolute Gasteiger partial charge is 0.337 e. The van der Waals surface area contributed by atoms with E-state index in [4.69, 9.17) is 15.9 Å². The van der Waals surface area contributed by atoms with Gasteiger partial charge in [-0.1, -0.05) is 31.7 Å². The van der Waals surface area contributed by atoms with Crippen LogP contribution in [0.5, 0.6) is 11.5 Å². The molecule has 50 heavy (non-hydrogen) atoms. The summed E-state index contributed by atoms with van der Waals surface area (Å²) in [5.41, 5.74) is 9.60. The quantitative estimate of drug-likeness (QED) is 0.0650. The van der Waals surface area contributed by atoms with Gasteiger partial charge >= 0.3 is 5.97 Å². The molecule has 9 nitrogen and oxygen atoms in total. The van der Waals surface area contributed by atoms with Crippen molar-refractivity contribution in [2.24, 2.45) is 0 Å². The lowest BCUT2D eigenvalue weighted by Gasteiger charge is -2.12. The molecule has 0 atom stereocenters. The largest absolute Gasteiger partial charge is 0.508 e. The first kappa shape index (κ1) is 37.6. The van der Waals surface area contributed by atoms with Gasteiger partial charge in [-0.2, -0.15) is 0 Å². The first-order valence-corrected chi connectivity index (χ1v) is 14.7. The van der Waals surface area contributed by atoms with Gasteiger partial charge in [0.05, 0.1) is 22.5 Å². The zero-order valence-electron chi connectivity index (χ0n) is 25.8. The summed E-state index contributed by atoms with van der Waals surface area (Å²) in [4.78, 5) is 23.5. The van der Waals surface area contributed by atoms with Crippen LogP contribution in [0.3, 0.4) is 0 Å². The maximum Gasteiger partial charge on any atom is 0.337 e. The van der Waals surface area contributed by atoms with Crippen molar-refractivity contribution in [3.63, 3.8) is 0 Å². The third-order valence-corrected chi connectivity index (χ3v) is 6.59. The van der Waals surface area contributed by atoms with Crippen LogP contribution < -0.4 is 21.7 Å². The van der Waals surface area contributed by atoms with E-state index >= 15 is 0 Å². The van der Waals surface area contributed by atoms with Crippen molar-refractivity contribution in [3.05, 3.63) is 168 Å². The molecule has 6 rings (SSSR count). The Labute approximate surface area is 288 Å². The van der Waals surface area contributed by atoms with Crippen LogP contribution in [-0.2, 0) is 0 Å². The van der Waals surface area contributed by atoms with Gasteiger partial charge < -0.3 is 37.0 Å². The predicted molar refractivity (Wildman–Crippen MR) is 195 cm³/mol. The van der Waals surface area contributed by atoms with Gasteiger partial charge in [0.25, 0.3) is 5.91 Å². The number of amides is 1. The van der Waals surface area contributed by atoms with Crippen LogP contribution in [0.25, 0.3) is 0 Å². The zero-order valence-corrected chi connectivity index (χ0v) is 25.8. The van der Waals surface area contributed by atoms with Crippen molar-refractivity contribution in [1.82, 2.24) is 0 Å². The Morgan fingerprint density at radius 3 is 1.34 bits per heavy atom. The highest BCUT2D eigenvalue weighted by Crippen LogP contribution is 2.24. The number of nitrogen functional groups attached to an aromatic ring is 1. The number of nitrogens with two attached hydrogens (primary N) is 1. The average molecular weight is 679 g/mol. The minimum Gasteiger partial charge on any atom is -0.508 e. The first-order chi connectivity index (χ1) is 23.6. The lowest BCUT2D eigenvalue weighted by atomic mass is 10.1. The number of nitrogens with one attached hydrogen (secondary N) is 3. The lowest BCUT2D eigenvalue weighted by Crippen LogP contribution is -2.13. The number of hydrogen-bond acceptors (Lipinski definition) is 7. The summed E-state index contributed by atoms with van der Waals surface area (Å²) in [6.45, 7) is 0. The standard InChI is InChI=1S/C19H15FN2O2.C13H10FNO2.C6H7NO.CH4/c20-13-5-7-14(8-6-13)21-18-4-2-1-3-17(18)19(24)22-15-9-11-16(23)12-10-15;14-9-5-7-10(8-6-9)15-12-4-2-1-3-11(12)13(16)17;7-5-1-3-6(8)4-2-5;/h1-12,21,23H,(H,22,24);1-8,15H,(H,16,17);1-4,8H,7H2;1H4. The fourth-order valence-corrected chi connectivity index (χ4v) is 4.16. The van der Waals surface area contributed by atoms with E-state index < -0.39 is 5.97 Å². The predicted octanol–water partition coefficient (Wildman–Crippen LogP) is 9.41. The van der Waals surface area contributed by atoms with E-state index in [1.807, 2.05) is 6.07 Å². The Morgan fingerprint density at radius 1 is 0.520 bits per heavy atom. The molecule has 0 aromatic heterocycles. The van der Waals surface area contributed by atoms with Gasteiger partial charge in [0, 0.05) is 22.7 Å². The third-order valence-electron chi connectivity index (χ3n) is 6.59. The van der Waals surface area contributed by atoms with Crippen LogP contribution in [0, 0.1) is 11.6 Å². The molecule has 0 aliphatic rings. The third kappa shape index (κ3) is 11.7. The minimum atomic E-state index is -1.00. The van der Waals surface area contributed by atoms with Crippen LogP contribution in [0.15, 0.2) is 146 Å². The number of carboxylic acid groups (broad SMARTS) is 1. The molecule has 11 heteroatoms. The number of phenolic OH excluding ortho intramolecular Hbond substituents is 2. The van der Waals surface area contributed by atoms with Gasteiger partial charge in [-0.15, -0.1) is 0 Å². The molecule has 0 spiro atoms. The highest BCUT2D eigenvalue weighted by atomic mass is 19.1. The van der Waals surface area contributed by atoms with Crippen LogP contribution >= 0.6 is 0 Å². The number of anilines is 6. The number of hydrogen-bond donors (Lipinski definition) is 7. The van der Waals surface area contributed by atoms with Gasteiger partial charge in [0.2, 0.25) is 0 Å². The number of carbonyl (C=O) groups is 2. The van der Waals surface area contributed by atoms with Gasteiger partial charge in [-0.25, -0.2) is 13.6 Å². The monoisotopic (exact) mass is 678 g/mol. The normalized spacial score (nSPS) is 9.72. The van der Waals surface area contributed by atoms with Crippen molar-refractivity contribution in [2.45, 2.75) is 7.43 Å². The Hall–Kier alpha value is -6.88. The molecule has 0 saturated heterocycles. The fraction of sp³-hybridized carbons (Fsp3) is 0.0256. The molecule has 6 aromatic carbocycles. The number of benzene rings is 6. The van der Waals surface area contributed by atoms with Gasteiger partial charge in [0.15, 0.2) is 0 Å². The van der Waals surface area contributed by atoms with Crippen molar-refractivity contribution in [2.75, 3.05) is 21.7 Å². The zero-order chi connectivity index (χ0) is 35.2. The number of aromatic carboxylic acids is 1. The summed E-state index contributed by atoms with van der Waals surface area (Å²) in [6, 6.07) is 37.8. The molecule has 0 saturated carbocycles.